The van der Waals surface area contributed by atoms with E-state index in [0.717, 1.165) is 16.1 Å². The molecule has 6 aromatic rings. The second kappa shape index (κ2) is 20.4. The van der Waals surface area contributed by atoms with Crippen LogP contribution in [0.5, 0.6) is 17.4 Å². The number of alkyl halides is 1. The van der Waals surface area contributed by atoms with Crippen LogP contribution in [0.4, 0.5) is 11.9 Å². The number of hydrogen-bond donors (Lipinski definition) is 7. The fourth-order valence-corrected chi connectivity index (χ4v) is 7.12. The SMILES string of the molecule is C[C@H]1[C@@H](O)[C@H]([n+]2cn(CCOc3ccc(Cl)cc3)c3c([O-])nc(N)nc32)O[C@@H]1CO.C[C@H]1[C@@H](O)[C@H](n2cnc3c(=O)[nH]c(N)nc32)O[C@@H]1CO.Clc1ccc(OCCBr)cc1. The third kappa shape index (κ3) is 10.4. The monoisotopic (exact) mass is 950 g/mol. The number of aromatic amines is 1. The Morgan fingerprint density at radius 1 is 0.902 bits per heavy atom. The van der Waals surface area contributed by atoms with Crippen molar-refractivity contribution in [2.45, 2.75) is 57.3 Å². The van der Waals surface area contributed by atoms with Crippen molar-refractivity contribution in [1.29, 1.82) is 0 Å². The van der Waals surface area contributed by atoms with Crippen molar-refractivity contribution in [2.24, 2.45) is 11.8 Å². The van der Waals surface area contributed by atoms with Crippen LogP contribution in [0.3, 0.4) is 0 Å². The van der Waals surface area contributed by atoms with Crippen LogP contribution in [0.1, 0.15) is 26.3 Å². The molecule has 0 amide bonds. The van der Waals surface area contributed by atoms with Gasteiger partial charge in [-0.3, -0.25) is 18.9 Å². The van der Waals surface area contributed by atoms with E-state index in [0.29, 0.717) is 23.9 Å². The topological polar surface area (TPSA) is 291 Å². The predicted octanol–water partition coefficient (Wildman–Crippen LogP) is 1.70. The van der Waals surface area contributed by atoms with E-state index in [2.05, 4.69) is 40.8 Å². The van der Waals surface area contributed by atoms with Gasteiger partial charge in [0.05, 0.1) is 38.4 Å². The van der Waals surface area contributed by atoms with E-state index in [1.807, 2.05) is 24.3 Å². The molecule has 20 nitrogen and oxygen atoms in total. The van der Waals surface area contributed by atoms with Crippen LogP contribution in [0, 0.1) is 11.8 Å². The maximum atomic E-state index is 12.5. The number of anilines is 2. The molecule has 23 heteroatoms. The molecule has 6 heterocycles. The number of nitrogens with two attached hydrogens (primary N) is 2. The van der Waals surface area contributed by atoms with E-state index in [-0.39, 0.29) is 65.9 Å². The van der Waals surface area contributed by atoms with Crippen molar-refractivity contribution in [1.82, 2.24) is 34.1 Å². The maximum absolute atomic E-state index is 12.5. The number of nitrogens with one attached hydrogen (secondary N) is 1. The maximum Gasteiger partial charge on any atom is 0.309 e. The minimum absolute atomic E-state index is 0.0384. The third-order valence-corrected chi connectivity index (χ3v) is 10.9. The summed E-state index contributed by atoms with van der Waals surface area (Å²) in [5, 5.41) is 54.2. The van der Waals surface area contributed by atoms with Crippen LogP contribution >= 0.6 is 39.1 Å². The molecule has 0 bridgehead atoms. The van der Waals surface area contributed by atoms with Gasteiger partial charge in [0.1, 0.15) is 36.9 Å². The number of rotatable bonds is 11. The van der Waals surface area contributed by atoms with Crippen LogP contribution < -0.4 is 36.2 Å². The quantitative estimate of drug-likeness (QED) is 0.0719. The van der Waals surface area contributed by atoms with Crippen molar-refractivity contribution in [3.05, 3.63) is 81.6 Å². The van der Waals surface area contributed by atoms with E-state index < -0.39 is 48.3 Å². The van der Waals surface area contributed by atoms with Gasteiger partial charge in [0.25, 0.3) is 11.5 Å². The standard InChI is InChI=1S/C19H22ClN5O5.C11H15N5O4.C8H8BrClO/c1-10-13(8-26)30-18(15(10)27)25-9-24(14-16(25)22-19(21)23-17(14)28)6-7-29-12-4-2-11(20)3-5-12;1-4-5(2-17)20-10(7(4)18)16-3-13-6-8(16)14-11(12)15-9(6)19;9-5-6-11-8-3-1-7(10)2-4-8/h2-5,9-10,13,15,18,26-27H,6-8H2,1H3,(H2-,21,22,23,28);3-5,7,10,17-18H,2H2,1H3,(H3,12,14,15,19);1-4H,5-6H2/t10-,13-,15-,18-;4-,5-,7-,10-;/m11./s1. The molecule has 61 heavy (non-hydrogen) atoms. The van der Waals surface area contributed by atoms with Crippen LogP contribution in [0.15, 0.2) is 66.0 Å². The molecule has 8 atom stereocenters. The summed E-state index contributed by atoms with van der Waals surface area (Å²) in [7, 11) is 0. The lowest BCUT2D eigenvalue weighted by Gasteiger charge is -2.16. The lowest BCUT2D eigenvalue weighted by Crippen LogP contribution is -2.45. The Balaban J connectivity index is 0.000000172. The molecule has 0 unspecified atom stereocenters. The number of benzene rings is 2. The molecule has 0 saturated carbocycles. The zero-order valence-electron chi connectivity index (χ0n) is 32.8. The van der Waals surface area contributed by atoms with E-state index >= 15 is 0 Å². The summed E-state index contributed by atoms with van der Waals surface area (Å²) in [4.78, 5) is 29.9. The Morgan fingerprint density at radius 3 is 2.07 bits per heavy atom. The largest absolute Gasteiger partial charge is 0.856 e. The first-order valence-electron chi connectivity index (χ1n) is 18.9. The van der Waals surface area contributed by atoms with E-state index in [9.17, 15) is 30.3 Å². The summed E-state index contributed by atoms with van der Waals surface area (Å²) in [5.41, 5.74) is 11.6. The van der Waals surface area contributed by atoms with Gasteiger partial charge in [0, 0.05) is 33.1 Å². The molecule has 0 radical (unpaired) electrons. The average Bonchev–Trinajstić information content (AvgIpc) is 3.98. The average molecular weight is 953 g/mol. The number of nitrogens with zero attached hydrogens (tertiary/aromatic N) is 7. The van der Waals surface area contributed by atoms with Crippen LogP contribution in [-0.2, 0) is 16.0 Å². The summed E-state index contributed by atoms with van der Waals surface area (Å²) in [6.07, 6.45) is -1.36. The molecule has 2 aliphatic rings. The normalized spacial score (nSPS) is 23.4. The number of hydrogen-bond acceptors (Lipinski definition) is 16. The van der Waals surface area contributed by atoms with Crippen molar-refractivity contribution < 1.29 is 49.0 Å². The number of aliphatic hydroxyl groups is 4. The molecular weight excluding hydrogens is 907 g/mol. The highest BCUT2D eigenvalue weighted by molar-refractivity contribution is 9.09. The van der Waals surface area contributed by atoms with Crippen molar-refractivity contribution in [2.75, 3.05) is 43.2 Å². The number of fused-ring (bicyclic) bond motifs is 2. The molecule has 2 aliphatic heterocycles. The Kier molecular flexibility index (Phi) is 15.2. The van der Waals surface area contributed by atoms with Gasteiger partial charge in [-0.15, -0.1) is 0 Å². The van der Waals surface area contributed by atoms with Crippen molar-refractivity contribution >= 4 is 73.4 Å². The molecule has 328 valence electrons. The molecule has 2 aromatic carbocycles. The zero-order valence-corrected chi connectivity index (χ0v) is 35.9. The molecule has 9 N–H and O–H groups in total. The number of halogens is 3. The van der Waals surface area contributed by atoms with Gasteiger partial charge in [0.2, 0.25) is 12.2 Å². The second-order valence-corrected chi connectivity index (χ2v) is 15.7. The minimum atomic E-state index is -0.900. The molecule has 0 spiro atoms. The molecule has 8 rings (SSSR count). The number of aliphatic hydroxyl groups excluding tert-OH is 4. The number of aromatic nitrogens is 8. The highest BCUT2D eigenvalue weighted by Gasteiger charge is 2.45. The van der Waals surface area contributed by atoms with Crippen LogP contribution in [-0.4, -0.2) is 111 Å². The minimum Gasteiger partial charge on any atom is -0.856 e. The van der Waals surface area contributed by atoms with Crippen molar-refractivity contribution in [3.8, 4) is 17.4 Å². The molecule has 0 aliphatic carbocycles. The van der Waals surface area contributed by atoms with Gasteiger partial charge in [-0.1, -0.05) is 58.0 Å². The Morgan fingerprint density at radius 2 is 1.49 bits per heavy atom. The highest BCUT2D eigenvalue weighted by Crippen LogP contribution is 2.35. The number of imidazole rings is 2. The molecular formula is C38H45BrCl2N10O10. The van der Waals surface area contributed by atoms with Gasteiger partial charge in [0.15, 0.2) is 29.2 Å². The lowest BCUT2D eigenvalue weighted by atomic mass is 10.0. The van der Waals surface area contributed by atoms with Gasteiger partial charge < -0.3 is 55.9 Å². The third-order valence-electron chi connectivity index (χ3n) is 10.0. The summed E-state index contributed by atoms with van der Waals surface area (Å²) in [6.45, 7) is 4.40. The predicted molar refractivity (Wildman–Crippen MR) is 224 cm³/mol. The van der Waals surface area contributed by atoms with Crippen LogP contribution in [0.2, 0.25) is 10.0 Å². The summed E-state index contributed by atoms with van der Waals surface area (Å²) >= 11 is 14.8. The van der Waals surface area contributed by atoms with Gasteiger partial charge in [-0.2, -0.15) is 4.98 Å². The smallest absolute Gasteiger partial charge is 0.309 e. The van der Waals surface area contributed by atoms with Gasteiger partial charge >= 0.3 is 5.65 Å². The Hall–Kier alpha value is -4.84. The second-order valence-electron chi connectivity index (χ2n) is 14.0. The molecule has 2 fully saturated rings. The van der Waals surface area contributed by atoms with Gasteiger partial charge in [-0.25, -0.2) is 14.5 Å². The van der Waals surface area contributed by atoms with Crippen LogP contribution in [0.25, 0.3) is 22.3 Å². The van der Waals surface area contributed by atoms with E-state index in [1.165, 1.54) is 10.9 Å². The van der Waals surface area contributed by atoms with Crippen molar-refractivity contribution in [3.63, 3.8) is 0 Å². The molecule has 2 saturated heterocycles. The number of ether oxygens (including phenoxy) is 4. The first kappa shape index (κ1) is 45.7. The first-order chi connectivity index (χ1) is 29.2. The van der Waals surface area contributed by atoms with E-state index in [1.54, 1.807) is 53.6 Å². The molecule has 4 aromatic heterocycles. The summed E-state index contributed by atoms with van der Waals surface area (Å²) < 4.78 is 27.1. The fourth-order valence-electron chi connectivity index (χ4n) is 6.70. The Labute approximate surface area is 366 Å². The van der Waals surface area contributed by atoms with Gasteiger partial charge in [-0.05, 0) is 48.5 Å². The summed E-state index contributed by atoms with van der Waals surface area (Å²) in [6, 6.07) is 14.3. The fraction of sp³-hybridized carbons (Fsp3) is 0.421. The lowest BCUT2D eigenvalue weighted by molar-refractivity contribution is -0.746. The number of nitrogen functional groups attached to an aromatic ring is 2. The highest BCUT2D eigenvalue weighted by atomic mass is 79.9. The first-order valence-corrected chi connectivity index (χ1v) is 20.8. The van der Waals surface area contributed by atoms with E-state index in [4.69, 9.17) is 53.6 Å². The summed E-state index contributed by atoms with van der Waals surface area (Å²) in [5.74, 6) is 0.197. The Bertz CT molecular complexity index is 2440. The number of H-pyrrole nitrogens is 1. The zero-order chi connectivity index (χ0) is 44.0.